The Morgan fingerprint density at radius 3 is 2.25 bits per heavy atom. The molecular weight excluding hydrogens is 206 g/mol. The first-order valence-electron chi connectivity index (χ1n) is 5.35. The molecule has 1 fully saturated rings. The Morgan fingerprint density at radius 1 is 1.25 bits per heavy atom. The van der Waals surface area contributed by atoms with Gasteiger partial charge < -0.3 is 19.9 Å². The van der Waals surface area contributed by atoms with Gasteiger partial charge in [-0.3, -0.25) is 0 Å². The molecule has 1 saturated carbocycles. The highest BCUT2D eigenvalue weighted by Crippen LogP contribution is 2.38. The van der Waals surface area contributed by atoms with Crippen LogP contribution in [-0.4, -0.2) is 26.9 Å². The van der Waals surface area contributed by atoms with Crippen LogP contribution in [0.3, 0.4) is 0 Å². The molecule has 0 heterocycles. The van der Waals surface area contributed by atoms with Gasteiger partial charge in [0.1, 0.15) is 0 Å². The third kappa shape index (κ3) is 2.22. The second kappa shape index (κ2) is 4.61. The maximum absolute atomic E-state index is 5.73. The normalized spacial score (nSPS) is 22.7. The molecule has 16 heavy (non-hydrogen) atoms. The molecule has 4 nitrogen and oxygen atoms in total. The van der Waals surface area contributed by atoms with Gasteiger partial charge in [-0.05, 0) is 18.6 Å². The van der Waals surface area contributed by atoms with Crippen molar-refractivity contribution in [2.75, 3.05) is 20.8 Å². The molecule has 2 unspecified atom stereocenters. The van der Waals surface area contributed by atoms with E-state index in [0.29, 0.717) is 35.8 Å². The molecule has 0 spiro atoms. The van der Waals surface area contributed by atoms with Crippen LogP contribution >= 0.6 is 0 Å². The predicted octanol–water partition coefficient (Wildman–Crippen LogP) is 1.43. The Kier molecular flexibility index (Phi) is 3.19. The maximum Gasteiger partial charge on any atom is 0.203 e. The fourth-order valence-corrected chi connectivity index (χ4v) is 1.61. The van der Waals surface area contributed by atoms with Gasteiger partial charge in [0.25, 0.3) is 0 Å². The number of ether oxygens (including phenoxy) is 3. The van der Waals surface area contributed by atoms with Gasteiger partial charge in [-0.1, -0.05) is 6.07 Å². The van der Waals surface area contributed by atoms with Crippen molar-refractivity contribution in [3.8, 4) is 17.2 Å². The van der Waals surface area contributed by atoms with Crippen molar-refractivity contribution in [3.63, 3.8) is 0 Å². The Balaban J connectivity index is 2.09. The molecule has 1 aromatic carbocycles. The van der Waals surface area contributed by atoms with E-state index in [1.807, 2.05) is 18.2 Å². The van der Waals surface area contributed by atoms with E-state index >= 15 is 0 Å². The summed E-state index contributed by atoms with van der Waals surface area (Å²) in [5.74, 6) is 2.50. The second-order valence-electron chi connectivity index (χ2n) is 3.96. The summed E-state index contributed by atoms with van der Waals surface area (Å²) in [5.41, 5.74) is 5.73. The van der Waals surface area contributed by atoms with Crippen LogP contribution in [0.5, 0.6) is 17.2 Å². The number of methoxy groups -OCH3 is 2. The topological polar surface area (TPSA) is 53.7 Å². The molecule has 0 saturated heterocycles. The van der Waals surface area contributed by atoms with Crippen molar-refractivity contribution in [2.24, 2.45) is 11.7 Å². The zero-order chi connectivity index (χ0) is 11.5. The summed E-state index contributed by atoms with van der Waals surface area (Å²) in [6.45, 7) is 0.623. The highest BCUT2D eigenvalue weighted by Gasteiger charge is 2.34. The minimum absolute atomic E-state index is 0.292. The number of benzene rings is 1. The molecule has 88 valence electrons. The highest BCUT2D eigenvalue weighted by atomic mass is 16.5. The van der Waals surface area contributed by atoms with E-state index in [-0.39, 0.29) is 0 Å². The van der Waals surface area contributed by atoms with Crippen LogP contribution in [-0.2, 0) is 0 Å². The van der Waals surface area contributed by atoms with Crippen LogP contribution in [0.15, 0.2) is 18.2 Å². The van der Waals surface area contributed by atoms with Crippen LogP contribution in [0, 0.1) is 5.92 Å². The lowest BCUT2D eigenvalue weighted by Gasteiger charge is -2.13. The number of para-hydroxylation sites is 1. The Hall–Kier alpha value is -1.42. The zero-order valence-electron chi connectivity index (χ0n) is 9.60. The average Bonchev–Trinajstić information content (AvgIpc) is 3.02. The van der Waals surface area contributed by atoms with Crippen molar-refractivity contribution in [1.82, 2.24) is 0 Å². The molecule has 0 radical (unpaired) electrons. The minimum Gasteiger partial charge on any atom is -0.493 e. The monoisotopic (exact) mass is 223 g/mol. The molecule has 1 aliphatic rings. The van der Waals surface area contributed by atoms with E-state index in [1.54, 1.807) is 14.2 Å². The summed E-state index contributed by atoms with van der Waals surface area (Å²) in [4.78, 5) is 0. The fraction of sp³-hybridized carbons (Fsp3) is 0.500. The Bertz CT molecular complexity index is 345. The van der Waals surface area contributed by atoms with Crippen molar-refractivity contribution in [3.05, 3.63) is 18.2 Å². The summed E-state index contributed by atoms with van der Waals surface area (Å²) >= 11 is 0. The van der Waals surface area contributed by atoms with Crippen LogP contribution in [0.4, 0.5) is 0 Å². The summed E-state index contributed by atoms with van der Waals surface area (Å²) < 4.78 is 16.2. The van der Waals surface area contributed by atoms with Crippen LogP contribution in [0.2, 0.25) is 0 Å². The SMILES string of the molecule is COc1cccc(OC)c1OCC1CC1N. The molecule has 4 heteroatoms. The summed E-state index contributed by atoms with van der Waals surface area (Å²) in [6, 6.07) is 5.86. The molecule has 1 aromatic rings. The zero-order valence-corrected chi connectivity index (χ0v) is 9.60. The third-order valence-corrected chi connectivity index (χ3v) is 2.80. The Labute approximate surface area is 95.3 Å². The lowest BCUT2D eigenvalue weighted by atomic mass is 10.3. The number of nitrogens with two attached hydrogens (primary N) is 1. The van der Waals surface area contributed by atoms with Crippen molar-refractivity contribution in [1.29, 1.82) is 0 Å². The van der Waals surface area contributed by atoms with E-state index in [9.17, 15) is 0 Å². The van der Waals surface area contributed by atoms with Gasteiger partial charge in [0.2, 0.25) is 5.75 Å². The number of rotatable bonds is 5. The van der Waals surface area contributed by atoms with E-state index in [1.165, 1.54) is 0 Å². The first-order valence-corrected chi connectivity index (χ1v) is 5.35. The smallest absolute Gasteiger partial charge is 0.203 e. The van der Waals surface area contributed by atoms with Crippen molar-refractivity contribution < 1.29 is 14.2 Å². The first-order chi connectivity index (χ1) is 7.76. The molecule has 0 amide bonds. The van der Waals surface area contributed by atoms with Gasteiger partial charge in [0.05, 0.1) is 20.8 Å². The lowest BCUT2D eigenvalue weighted by molar-refractivity contribution is 0.261. The molecule has 2 rings (SSSR count). The summed E-state index contributed by atoms with van der Waals surface area (Å²) in [7, 11) is 3.23. The number of hydrogen-bond donors (Lipinski definition) is 1. The summed E-state index contributed by atoms with van der Waals surface area (Å²) in [6.07, 6.45) is 1.04. The number of hydrogen-bond acceptors (Lipinski definition) is 4. The molecule has 1 aliphatic carbocycles. The molecule has 2 N–H and O–H groups in total. The van der Waals surface area contributed by atoms with E-state index in [2.05, 4.69) is 0 Å². The van der Waals surface area contributed by atoms with Crippen LogP contribution in [0.25, 0.3) is 0 Å². The molecule has 0 bridgehead atoms. The van der Waals surface area contributed by atoms with Gasteiger partial charge in [-0.2, -0.15) is 0 Å². The minimum atomic E-state index is 0.292. The van der Waals surface area contributed by atoms with Crippen LogP contribution in [0.1, 0.15) is 6.42 Å². The molecular formula is C12H17NO3. The second-order valence-corrected chi connectivity index (χ2v) is 3.96. The van der Waals surface area contributed by atoms with Crippen molar-refractivity contribution in [2.45, 2.75) is 12.5 Å². The predicted molar refractivity (Wildman–Crippen MR) is 61.1 cm³/mol. The quantitative estimate of drug-likeness (QED) is 0.820. The fourth-order valence-electron chi connectivity index (χ4n) is 1.61. The maximum atomic E-state index is 5.73. The van der Waals surface area contributed by atoms with Gasteiger partial charge in [0.15, 0.2) is 11.5 Å². The van der Waals surface area contributed by atoms with E-state index < -0.39 is 0 Å². The molecule has 0 aliphatic heterocycles. The van der Waals surface area contributed by atoms with E-state index in [0.717, 1.165) is 6.42 Å². The standard InChI is InChI=1S/C12H17NO3/c1-14-10-4-3-5-11(15-2)12(10)16-7-8-6-9(8)13/h3-5,8-9H,6-7,13H2,1-2H3. The largest absolute Gasteiger partial charge is 0.493 e. The highest BCUT2D eigenvalue weighted by molar-refractivity contribution is 5.51. The van der Waals surface area contributed by atoms with Gasteiger partial charge in [-0.25, -0.2) is 0 Å². The first kappa shape index (κ1) is 11.1. The molecule has 2 atom stereocenters. The van der Waals surface area contributed by atoms with Gasteiger partial charge in [0, 0.05) is 12.0 Å². The van der Waals surface area contributed by atoms with Crippen molar-refractivity contribution >= 4 is 0 Å². The third-order valence-electron chi connectivity index (χ3n) is 2.80. The lowest BCUT2D eigenvalue weighted by Crippen LogP contribution is -2.09. The van der Waals surface area contributed by atoms with Gasteiger partial charge >= 0.3 is 0 Å². The molecule has 0 aromatic heterocycles. The average molecular weight is 223 g/mol. The Morgan fingerprint density at radius 2 is 1.81 bits per heavy atom. The summed E-state index contributed by atoms with van der Waals surface area (Å²) in [5, 5.41) is 0. The van der Waals surface area contributed by atoms with Crippen LogP contribution < -0.4 is 19.9 Å². The van der Waals surface area contributed by atoms with Gasteiger partial charge in [-0.15, -0.1) is 0 Å². The van der Waals surface area contributed by atoms with E-state index in [4.69, 9.17) is 19.9 Å².